The molecule has 0 aliphatic rings. The fourth-order valence-corrected chi connectivity index (χ4v) is 2.04. The van der Waals surface area contributed by atoms with Crippen LogP contribution in [0.3, 0.4) is 0 Å². The van der Waals surface area contributed by atoms with Gasteiger partial charge in [-0.3, -0.25) is 4.79 Å². The molecular formula is C17H19N3O. The first kappa shape index (κ1) is 14.8. The van der Waals surface area contributed by atoms with E-state index in [-0.39, 0.29) is 5.91 Å². The quantitative estimate of drug-likeness (QED) is 0.653. The molecule has 0 aliphatic carbocycles. The Labute approximate surface area is 124 Å². The molecule has 0 fully saturated rings. The van der Waals surface area contributed by atoms with Gasteiger partial charge in [0.15, 0.2) is 0 Å². The fourth-order valence-electron chi connectivity index (χ4n) is 2.04. The van der Waals surface area contributed by atoms with Crippen molar-refractivity contribution in [3.63, 3.8) is 0 Å². The first-order chi connectivity index (χ1) is 10.1. The van der Waals surface area contributed by atoms with E-state index in [0.717, 1.165) is 17.1 Å². The van der Waals surface area contributed by atoms with Gasteiger partial charge < -0.3 is 9.88 Å². The molecule has 0 spiro atoms. The highest BCUT2D eigenvalue weighted by atomic mass is 16.1. The van der Waals surface area contributed by atoms with E-state index >= 15 is 0 Å². The molecule has 2 aromatic rings. The van der Waals surface area contributed by atoms with Gasteiger partial charge in [-0.2, -0.15) is 0 Å². The molecule has 0 radical (unpaired) electrons. The minimum Gasteiger partial charge on any atom is -0.345 e. The van der Waals surface area contributed by atoms with Crippen LogP contribution in [-0.4, -0.2) is 15.5 Å². The van der Waals surface area contributed by atoms with Crippen molar-refractivity contribution in [2.24, 2.45) is 0 Å². The van der Waals surface area contributed by atoms with Crippen LogP contribution in [0, 0.1) is 0 Å². The molecule has 108 valence electrons. The third kappa shape index (κ3) is 3.48. The van der Waals surface area contributed by atoms with Crippen molar-refractivity contribution >= 4 is 5.91 Å². The molecule has 1 aromatic heterocycles. The minimum absolute atomic E-state index is 0.163. The lowest BCUT2D eigenvalue weighted by Crippen LogP contribution is -2.25. The van der Waals surface area contributed by atoms with Gasteiger partial charge in [0.05, 0.1) is 18.4 Å². The number of nitrogens with zero attached hydrogens (tertiary/aromatic N) is 2. The molecule has 4 heteroatoms. The third-order valence-corrected chi connectivity index (χ3v) is 3.11. The first-order valence-electron chi connectivity index (χ1n) is 6.78. The highest BCUT2D eigenvalue weighted by Crippen LogP contribution is 2.20. The Morgan fingerprint density at radius 2 is 2.10 bits per heavy atom. The van der Waals surface area contributed by atoms with E-state index in [1.54, 1.807) is 6.92 Å². The second-order valence-corrected chi connectivity index (χ2v) is 4.79. The molecule has 0 saturated carbocycles. The van der Waals surface area contributed by atoms with E-state index in [4.69, 9.17) is 0 Å². The number of carbonyl (C=O) groups is 1. The SMILES string of the molecule is C=CCn1c(-c2ccccc2)cnc1CNC(=O)C(=C)C. The Hall–Kier alpha value is -2.62. The second kappa shape index (κ2) is 6.70. The molecule has 1 aromatic carbocycles. The van der Waals surface area contributed by atoms with Crippen LogP contribution in [0.2, 0.25) is 0 Å². The summed E-state index contributed by atoms with van der Waals surface area (Å²) in [6.07, 6.45) is 3.64. The van der Waals surface area contributed by atoms with Crippen molar-refractivity contribution in [1.82, 2.24) is 14.9 Å². The van der Waals surface area contributed by atoms with Crippen LogP contribution in [0.25, 0.3) is 11.3 Å². The van der Waals surface area contributed by atoms with Crippen LogP contribution in [0.15, 0.2) is 61.3 Å². The van der Waals surface area contributed by atoms with E-state index in [1.807, 2.05) is 47.2 Å². The number of nitrogens with one attached hydrogen (secondary N) is 1. The number of allylic oxidation sites excluding steroid dienone is 1. The van der Waals surface area contributed by atoms with Gasteiger partial charge in [0.1, 0.15) is 5.82 Å². The summed E-state index contributed by atoms with van der Waals surface area (Å²) < 4.78 is 2.04. The molecule has 0 bridgehead atoms. The molecule has 0 saturated heterocycles. The lowest BCUT2D eigenvalue weighted by atomic mass is 10.2. The standard InChI is InChI=1S/C17H19N3O/c1-4-10-20-15(14-8-6-5-7-9-14)11-18-16(20)12-19-17(21)13(2)3/h4-9,11H,1-2,10,12H2,3H3,(H,19,21). The zero-order valence-electron chi connectivity index (χ0n) is 12.2. The molecule has 1 heterocycles. The van der Waals surface area contributed by atoms with Gasteiger partial charge >= 0.3 is 0 Å². The highest BCUT2D eigenvalue weighted by molar-refractivity contribution is 5.91. The number of hydrogen-bond donors (Lipinski definition) is 1. The van der Waals surface area contributed by atoms with Gasteiger partial charge in [-0.05, 0) is 12.5 Å². The Kier molecular flexibility index (Phi) is 4.72. The van der Waals surface area contributed by atoms with E-state index in [9.17, 15) is 4.79 Å². The number of hydrogen-bond acceptors (Lipinski definition) is 2. The van der Waals surface area contributed by atoms with Crippen LogP contribution >= 0.6 is 0 Å². The van der Waals surface area contributed by atoms with Crippen molar-refractivity contribution in [3.8, 4) is 11.3 Å². The van der Waals surface area contributed by atoms with Gasteiger partial charge in [-0.1, -0.05) is 43.0 Å². The van der Waals surface area contributed by atoms with Crippen LogP contribution in [0.5, 0.6) is 0 Å². The monoisotopic (exact) mass is 281 g/mol. The van der Waals surface area contributed by atoms with Crippen molar-refractivity contribution in [3.05, 3.63) is 67.2 Å². The molecular weight excluding hydrogens is 262 g/mol. The zero-order chi connectivity index (χ0) is 15.2. The minimum atomic E-state index is -0.163. The average molecular weight is 281 g/mol. The Balaban J connectivity index is 2.27. The summed E-state index contributed by atoms with van der Waals surface area (Å²) in [5.41, 5.74) is 2.58. The maximum Gasteiger partial charge on any atom is 0.246 e. The number of carbonyl (C=O) groups excluding carboxylic acids is 1. The van der Waals surface area contributed by atoms with Gasteiger partial charge in [0, 0.05) is 12.1 Å². The normalized spacial score (nSPS) is 10.1. The maximum absolute atomic E-state index is 11.6. The van der Waals surface area contributed by atoms with Crippen LogP contribution < -0.4 is 5.32 Å². The van der Waals surface area contributed by atoms with Gasteiger partial charge in [0.25, 0.3) is 0 Å². The summed E-state index contributed by atoms with van der Waals surface area (Å²) in [6.45, 7) is 10.1. The molecule has 2 rings (SSSR count). The van der Waals surface area contributed by atoms with E-state index < -0.39 is 0 Å². The summed E-state index contributed by atoms with van der Waals surface area (Å²) in [5, 5.41) is 2.81. The predicted octanol–water partition coefficient (Wildman–Crippen LogP) is 2.93. The lowest BCUT2D eigenvalue weighted by molar-refractivity contribution is -0.117. The molecule has 0 aliphatic heterocycles. The summed E-state index contributed by atoms with van der Waals surface area (Å²) >= 11 is 0. The second-order valence-electron chi connectivity index (χ2n) is 4.79. The predicted molar refractivity (Wildman–Crippen MR) is 84.5 cm³/mol. The summed E-state index contributed by atoms with van der Waals surface area (Å²) in [6, 6.07) is 10.0. The van der Waals surface area contributed by atoms with Crippen molar-refractivity contribution in [1.29, 1.82) is 0 Å². The first-order valence-corrected chi connectivity index (χ1v) is 6.78. The summed E-state index contributed by atoms with van der Waals surface area (Å²) in [5.74, 6) is 0.632. The van der Waals surface area contributed by atoms with Crippen LogP contribution in [0.4, 0.5) is 0 Å². The van der Waals surface area contributed by atoms with E-state index in [1.165, 1.54) is 0 Å². The van der Waals surface area contributed by atoms with Crippen LogP contribution in [0.1, 0.15) is 12.7 Å². The van der Waals surface area contributed by atoms with E-state index in [2.05, 4.69) is 23.5 Å². The molecule has 0 unspecified atom stereocenters. The molecule has 0 atom stereocenters. The number of rotatable bonds is 6. The molecule has 1 amide bonds. The number of benzene rings is 1. The lowest BCUT2D eigenvalue weighted by Gasteiger charge is -2.10. The topological polar surface area (TPSA) is 46.9 Å². The van der Waals surface area contributed by atoms with E-state index in [0.29, 0.717) is 18.7 Å². The average Bonchev–Trinajstić information content (AvgIpc) is 2.89. The van der Waals surface area contributed by atoms with Crippen molar-refractivity contribution in [2.75, 3.05) is 0 Å². The Morgan fingerprint density at radius 3 is 2.71 bits per heavy atom. The Bertz CT molecular complexity index is 656. The molecule has 21 heavy (non-hydrogen) atoms. The van der Waals surface area contributed by atoms with Gasteiger partial charge in [-0.15, -0.1) is 6.58 Å². The smallest absolute Gasteiger partial charge is 0.246 e. The summed E-state index contributed by atoms with van der Waals surface area (Å²) in [7, 11) is 0. The fraction of sp³-hybridized carbons (Fsp3) is 0.176. The molecule has 4 nitrogen and oxygen atoms in total. The van der Waals surface area contributed by atoms with Crippen molar-refractivity contribution < 1.29 is 4.79 Å². The third-order valence-electron chi connectivity index (χ3n) is 3.11. The number of aromatic nitrogens is 2. The Morgan fingerprint density at radius 1 is 1.38 bits per heavy atom. The number of amides is 1. The largest absolute Gasteiger partial charge is 0.345 e. The van der Waals surface area contributed by atoms with Crippen molar-refractivity contribution in [2.45, 2.75) is 20.0 Å². The maximum atomic E-state index is 11.6. The summed E-state index contributed by atoms with van der Waals surface area (Å²) in [4.78, 5) is 16.0. The number of imidazole rings is 1. The van der Waals surface area contributed by atoms with Gasteiger partial charge in [-0.25, -0.2) is 4.98 Å². The van der Waals surface area contributed by atoms with Crippen LogP contribution in [-0.2, 0) is 17.9 Å². The highest BCUT2D eigenvalue weighted by Gasteiger charge is 2.11. The van der Waals surface area contributed by atoms with Gasteiger partial charge in [0.2, 0.25) is 5.91 Å². The molecule has 1 N–H and O–H groups in total. The zero-order valence-corrected chi connectivity index (χ0v) is 12.2.